The lowest BCUT2D eigenvalue weighted by molar-refractivity contribution is -0.118. The van der Waals surface area contributed by atoms with Gasteiger partial charge in [0.25, 0.3) is 0 Å². The molecule has 2 aromatic rings. The van der Waals surface area contributed by atoms with Crippen molar-refractivity contribution in [2.75, 3.05) is 7.11 Å². The molecule has 0 saturated carbocycles. The second-order valence-electron chi connectivity index (χ2n) is 5.34. The minimum atomic E-state index is -0.419. The van der Waals surface area contributed by atoms with Crippen LogP contribution in [0.3, 0.4) is 0 Å². The van der Waals surface area contributed by atoms with Crippen LogP contribution in [0.15, 0.2) is 54.2 Å². The molecule has 0 fully saturated rings. The van der Waals surface area contributed by atoms with Crippen molar-refractivity contribution >= 4 is 23.0 Å². The van der Waals surface area contributed by atoms with Crippen molar-refractivity contribution in [2.45, 2.75) is 6.92 Å². The van der Waals surface area contributed by atoms with Crippen LogP contribution in [0.4, 0.5) is 0 Å². The van der Waals surface area contributed by atoms with Crippen LogP contribution in [0.2, 0.25) is 0 Å². The van der Waals surface area contributed by atoms with Crippen LogP contribution < -0.4 is 10.1 Å². The second-order valence-corrected chi connectivity index (χ2v) is 5.34. The van der Waals surface area contributed by atoms with Crippen LogP contribution in [0.25, 0.3) is 5.57 Å². The highest BCUT2D eigenvalue weighted by atomic mass is 16.5. The summed E-state index contributed by atoms with van der Waals surface area (Å²) in [6.45, 7) is 1.30. The predicted octanol–water partition coefficient (Wildman–Crippen LogP) is 2.62. The molecule has 1 aliphatic carbocycles. The number of ether oxygens (including phenoxy) is 1. The zero-order chi connectivity index (χ0) is 17.3. The van der Waals surface area contributed by atoms with Crippen molar-refractivity contribution in [1.82, 2.24) is 5.32 Å². The molecule has 0 radical (unpaired) electrons. The van der Waals surface area contributed by atoms with E-state index in [4.69, 9.17) is 4.74 Å². The summed E-state index contributed by atoms with van der Waals surface area (Å²) in [7, 11) is 1.49. The van der Waals surface area contributed by atoms with Gasteiger partial charge in [0.1, 0.15) is 11.4 Å². The molecule has 3 rings (SSSR count). The summed E-state index contributed by atoms with van der Waals surface area (Å²) in [5.41, 5.74) is 1.20. The van der Waals surface area contributed by atoms with Gasteiger partial charge in [-0.3, -0.25) is 14.4 Å². The Morgan fingerprint density at radius 2 is 1.42 bits per heavy atom. The summed E-state index contributed by atoms with van der Waals surface area (Å²) >= 11 is 0. The van der Waals surface area contributed by atoms with Crippen LogP contribution in [-0.4, -0.2) is 24.6 Å². The maximum absolute atomic E-state index is 13.0. The fourth-order valence-corrected chi connectivity index (χ4v) is 2.78. The third-order valence-electron chi connectivity index (χ3n) is 3.80. The summed E-state index contributed by atoms with van der Waals surface area (Å²) in [5.74, 6) is -0.673. The van der Waals surface area contributed by atoms with Gasteiger partial charge in [-0.15, -0.1) is 0 Å². The molecule has 0 heterocycles. The number of allylic oxidation sites excluding steroid dienone is 2. The maximum atomic E-state index is 13.0. The molecule has 0 aliphatic heterocycles. The molecular formula is C19H15NO4. The Morgan fingerprint density at radius 1 is 0.875 bits per heavy atom. The lowest BCUT2D eigenvalue weighted by Gasteiger charge is -2.22. The number of benzene rings is 2. The van der Waals surface area contributed by atoms with Crippen molar-refractivity contribution in [1.29, 1.82) is 0 Å². The fourth-order valence-electron chi connectivity index (χ4n) is 2.78. The number of para-hydroxylation sites is 1. The number of ketones is 2. The predicted molar refractivity (Wildman–Crippen MR) is 88.8 cm³/mol. The highest BCUT2D eigenvalue weighted by molar-refractivity contribution is 6.41. The molecule has 2 aromatic carbocycles. The van der Waals surface area contributed by atoms with E-state index in [0.717, 1.165) is 0 Å². The average Bonchev–Trinajstić information content (AvgIpc) is 2.59. The lowest BCUT2D eigenvalue weighted by atomic mass is 9.83. The summed E-state index contributed by atoms with van der Waals surface area (Å²) in [4.78, 5) is 37.4. The summed E-state index contributed by atoms with van der Waals surface area (Å²) in [6, 6.07) is 13.5. The Bertz CT molecular complexity index is 896. The van der Waals surface area contributed by atoms with Crippen molar-refractivity contribution in [3.63, 3.8) is 0 Å². The quantitative estimate of drug-likeness (QED) is 0.943. The lowest BCUT2D eigenvalue weighted by Crippen LogP contribution is -2.32. The third-order valence-corrected chi connectivity index (χ3v) is 3.80. The molecule has 1 amide bonds. The third kappa shape index (κ3) is 2.50. The monoisotopic (exact) mass is 321 g/mol. The smallest absolute Gasteiger partial charge is 0.221 e. The highest BCUT2D eigenvalue weighted by Crippen LogP contribution is 2.35. The Labute approximate surface area is 138 Å². The van der Waals surface area contributed by atoms with Crippen molar-refractivity contribution in [2.24, 2.45) is 0 Å². The van der Waals surface area contributed by atoms with E-state index in [1.807, 2.05) is 0 Å². The molecule has 1 aliphatic rings. The van der Waals surface area contributed by atoms with Gasteiger partial charge in [-0.2, -0.15) is 0 Å². The number of rotatable bonds is 3. The molecule has 120 valence electrons. The van der Waals surface area contributed by atoms with Gasteiger partial charge >= 0.3 is 0 Å². The van der Waals surface area contributed by atoms with Gasteiger partial charge in [0.2, 0.25) is 11.7 Å². The Balaban J connectivity index is 2.31. The normalized spacial score (nSPS) is 13.6. The molecule has 0 saturated heterocycles. The molecule has 0 unspecified atom stereocenters. The molecule has 1 N–H and O–H groups in total. The molecular weight excluding hydrogens is 306 g/mol. The van der Waals surface area contributed by atoms with Crippen LogP contribution in [0.5, 0.6) is 5.75 Å². The van der Waals surface area contributed by atoms with E-state index in [9.17, 15) is 14.4 Å². The number of hydrogen-bond donors (Lipinski definition) is 1. The number of nitrogens with one attached hydrogen (secondary N) is 1. The molecule has 5 nitrogen and oxygen atoms in total. The van der Waals surface area contributed by atoms with Crippen LogP contribution in [-0.2, 0) is 4.79 Å². The minimum absolute atomic E-state index is 0.0179. The van der Waals surface area contributed by atoms with Gasteiger partial charge in [0.05, 0.1) is 12.7 Å². The van der Waals surface area contributed by atoms with E-state index in [0.29, 0.717) is 16.9 Å². The van der Waals surface area contributed by atoms with E-state index < -0.39 is 5.91 Å². The van der Waals surface area contributed by atoms with Gasteiger partial charge in [0, 0.05) is 23.6 Å². The second kappa shape index (κ2) is 6.12. The number of carbonyl (C=O) groups excluding carboxylic acids is 3. The molecule has 24 heavy (non-hydrogen) atoms. The Kier molecular flexibility index (Phi) is 4.00. The first kappa shape index (κ1) is 15.7. The molecule has 0 spiro atoms. The Hall–Kier alpha value is -3.21. The molecule has 0 bridgehead atoms. The van der Waals surface area contributed by atoms with Gasteiger partial charge < -0.3 is 10.1 Å². The summed E-state index contributed by atoms with van der Waals surface area (Å²) in [5, 5.41) is 2.52. The maximum Gasteiger partial charge on any atom is 0.221 e. The number of fused-ring (bicyclic) bond motifs is 1. The largest absolute Gasteiger partial charge is 0.496 e. The number of amides is 1. The summed E-state index contributed by atoms with van der Waals surface area (Å²) in [6.07, 6.45) is 0. The zero-order valence-corrected chi connectivity index (χ0v) is 13.3. The summed E-state index contributed by atoms with van der Waals surface area (Å²) < 4.78 is 5.31. The zero-order valence-electron chi connectivity index (χ0n) is 13.3. The topological polar surface area (TPSA) is 72.5 Å². The van der Waals surface area contributed by atoms with Gasteiger partial charge in [-0.05, 0) is 6.07 Å². The van der Waals surface area contributed by atoms with E-state index >= 15 is 0 Å². The van der Waals surface area contributed by atoms with Crippen molar-refractivity contribution < 1.29 is 19.1 Å². The van der Waals surface area contributed by atoms with E-state index in [2.05, 4.69) is 5.32 Å². The first-order valence-electron chi connectivity index (χ1n) is 7.38. The fraction of sp³-hybridized carbons (Fsp3) is 0.105. The number of Topliss-reactive ketones (excluding diaryl/α,β-unsaturated/α-hetero) is 2. The number of methoxy groups -OCH3 is 1. The van der Waals surface area contributed by atoms with Crippen LogP contribution in [0, 0.1) is 0 Å². The van der Waals surface area contributed by atoms with E-state index in [-0.39, 0.29) is 28.4 Å². The SMILES string of the molecule is COc1ccccc1C1=C(NC(C)=O)C(=O)c2ccccc2C1=O. The van der Waals surface area contributed by atoms with Crippen LogP contribution in [0.1, 0.15) is 33.2 Å². The number of carbonyl (C=O) groups is 3. The highest BCUT2D eigenvalue weighted by Gasteiger charge is 2.34. The first-order chi connectivity index (χ1) is 11.5. The minimum Gasteiger partial charge on any atom is -0.496 e. The molecule has 0 atom stereocenters. The Morgan fingerprint density at radius 3 is 2.00 bits per heavy atom. The average molecular weight is 321 g/mol. The van der Waals surface area contributed by atoms with E-state index in [1.165, 1.54) is 14.0 Å². The first-order valence-corrected chi connectivity index (χ1v) is 7.38. The van der Waals surface area contributed by atoms with E-state index in [1.54, 1.807) is 48.5 Å². The van der Waals surface area contributed by atoms with Gasteiger partial charge in [0.15, 0.2) is 5.78 Å². The molecule has 5 heteroatoms. The van der Waals surface area contributed by atoms with Gasteiger partial charge in [-0.1, -0.05) is 42.5 Å². The number of hydrogen-bond acceptors (Lipinski definition) is 4. The van der Waals surface area contributed by atoms with Crippen LogP contribution >= 0.6 is 0 Å². The van der Waals surface area contributed by atoms with Gasteiger partial charge in [-0.25, -0.2) is 0 Å². The standard InChI is InChI=1S/C19H15NO4/c1-11(21)20-17-16(14-9-5-6-10-15(14)24-2)18(22)12-7-3-4-8-13(12)19(17)23/h3-10H,1-2H3,(H,20,21). The van der Waals surface area contributed by atoms with Crippen molar-refractivity contribution in [3.05, 3.63) is 70.9 Å². The van der Waals surface area contributed by atoms with Crippen molar-refractivity contribution in [3.8, 4) is 5.75 Å². The molecule has 0 aromatic heterocycles.